The van der Waals surface area contributed by atoms with E-state index in [4.69, 9.17) is 0 Å². The van der Waals surface area contributed by atoms with Crippen LogP contribution in [0.25, 0.3) is 16.8 Å². The van der Waals surface area contributed by atoms with Gasteiger partial charge in [-0.2, -0.15) is 9.61 Å². The number of aryl methyl sites for hydroxylation is 2. The summed E-state index contributed by atoms with van der Waals surface area (Å²) in [6.07, 6.45) is 1.57. The number of fused-ring (bicyclic) bond motifs is 1. The fourth-order valence-electron chi connectivity index (χ4n) is 2.87. The van der Waals surface area contributed by atoms with Crippen molar-refractivity contribution in [3.05, 3.63) is 81.7 Å². The van der Waals surface area contributed by atoms with Gasteiger partial charge in [0.05, 0.1) is 6.20 Å². The summed E-state index contributed by atoms with van der Waals surface area (Å²) in [7, 11) is 0. The van der Waals surface area contributed by atoms with E-state index in [0.717, 1.165) is 5.56 Å². The summed E-state index contributed by atoms with van der Waals surface area (Å²) in [5.74, 6) is 0.387. The van der Waals surface area contributed by atoms with Gasteiger partial charge in [-0.25, -0.2) is 14.2 Å². The Bertz CT molecular complexity index is 1180. The molecule has 4 rings (SSSR count). The van der Waals surface area contributed by atoms with Crippen molar-refractivity contribution in [3.8, 4) is 11.1 Å². The Kier molecular flexibility index (Phi) is 4.53. The standard InChI is InChI=1S/C20H17FN4OS/c1-12-3-4-13(2)15(9-12)11-27-19-23-18-17(10-22-25(18)20(26)24-19)14-5-7-16(21)8-6-14/h3-10H,11H2,1-2H3,(H,23,24,26). The normalized spacial score (nSPS) is 11.2. The van der Waals surface area contributed by atoms with Gasteiger partial charge in [0.15, 0.2) is 10.8 Å². The molecule has 0 bridgehead atoms. The number of aromatic nitrogens is 4. The molecule has 0 spiro atoms. The van der Waals surface area contributed by atoms with Crippen LogP contribution in [-0.2, 0) is 5.75 Å². The van der Waals surface area contributed by atoms with E-state index in [9.17, 15) is 9.18 Å². The molecule has 1 N–H and O–H groups in total. The van der Waals surface area contributed by atoms with Crippen molar-refractivity contribution in [2.24, 2.45) is 0 Å². The number of H-pyrrole nitrogens is 1. The molecule has 2 aromatic heterocycles. The summed E-state index contributed by atoms with van der Waals surface area (Å²) in [6, 6.07) is 12.4. The molecule has 0 amide bonds. The van der Waals surface area contributed by atoms with Gasteiger partial charge in [-0.15, -0.1) is 0 Å². The van der Waals surface area contributed by atoms with Gasteiger partial charge in [0.1, 0.15) is 5.82 Å². The Balaban J connectivity index is 1.70. The summed E-state index contributed by atoms with van der Waals surface area (Å²) < 4.78 is 14.4. The highest BCUT2D eigenvalue weighted by Crippen LogP contribution is 2.26. The second-order valence-electron chi connectivity index (χ2n) is 6.37. The number of thioether (sulfide) groups is 1. The number of hydrogen-bond donors (Lipinski definition) is 1. The molecule has 0 atom stereocenters. The van der Waals surface area contributed by atoms with Gasteiger partial charge in [0.25, 0.3) is 0 Å². The van der Waals surface area contributed by atoms with E-state index >= 15 is 0 Å². The van der Waals surface area contributed by atoms with E-state index in [2.05, 4.69) is 47.1 Å². The lowest BCUT2D eigenvalue weighted by molar-refractivity contribution is 0.628. The van der Waals surface area contributed by atoms with Gasteiger partial charge in [-0.3, -0.25) is 4.98 Å². The van der Waals surface area contributed by atoms with Crippen LogP contribution in [0.4, 0.5) is 4.39 Å². The summed E-state index contributed by atoms with van der Waals surface area (Å²) in [5, 5.41) is 4.63. The smallest absolute Gasteiger partial charge is 0.285 e. The lowest BCUT2D eigenvalue weighted by atomic mass is 10.1. The number of benzene rings is 2. The maximum Gasteiger partial charge on any atom is 0.350 e. The highest BCUT2D eigenvalue weighted by atomic mass is 32.2. The zero-order chi connectivity index (χ0) is 19.0. The van der Waals surface area contributed by atoms with Gasteiger partial charge in [-0.05, 0) is 42.7 Å². The van der Waals surface area contributed by atoms with Crippen molar-refractivity contribution in [1.82, 2.24) is 19.6 Å². The minimum Gasteiger partial charge on any atom is -0.285 e. The molecule has 2 heterocycles. The maximum atomic E-state index is 13.2. The van der Waals surface area contributed by atoms with Crippen molar-refractivity contribution in [2.75, 3.05) is 0 Å². The number of nitrogens with zero attached hydrogens (tertiary/aromatic N) is 3. The predicted molar refractivity (Wildman–Crippen MR) is 104 cm³/mol. The molecule has 0 saturated carbocycles. The number of rotatable bonds is 4. The van der Waals surface area contributed by atoms with Crippen LogP contribution in [0, 0.1) is 19.7 Å². The molecule has 4 aromatic rings. The summed E-state index contributed by atoms with van der Waals surface area (Å²) in [5.41, 5.74) is 5.15. The Morgan fingerprint density at radius 2 is 1.93 bits per heavy atom. The number of halogens is 1. The predicted octanol–water partition coefficient (Wildman–Crippen LogP) is 4.13. The molecule has 0 aliphatic heterocycles. The fourth-order valence-corrected chi connectivity index (χ4v) is 3.78. The third-order valence-corrected chi connectivity index (χ3v) is 5.30. The molecule has 0 aliphatic rings. The third kappa shape index (κ3) is 3.50. The lowest BCUT2D eigenvalue weighted by Gasteiger charge is -2.07. The quantitative estimate of drug-likeness (QED) is 0.541. The average Bonchev–Trinajstić information content (AvgIpc) is 3.08. The highest BCUT2D eigenvalue weighted by molar-refractivity contribution is 7.98. The van der Waals surface area contributed by atoms with E-state index in [1.807, 2.05) is 0 Å². The van der Waals surface area contributed by atoms with E-state index < -0.39 is 0 Å². The highest BCUT2D eigenvalue weighted by Gasteiger charge is 2.13. The monoisotopic (exact) mass is 380 g/mol. The first-order chi connectivity index (χ1) is 13.0. The van der Waals surface area contributed by atoms with Crippen LogP contribution in [0.3, 0.4) is 0 Å². The second kappa shape index (κ2) is 7.00. The van der Waals surface area contributed by atoms with Crippen molar-refractivity contribution >= 4 is 17.4 Å². The van der Waals surface area contributed by atoms with Gasteiger partial charge in [0.2, 0.25) is 0 Å². The van der Waals surface area contributed by atoms with Crippen LogP contribution in [-0.4, -0.2) is 19.6 Å². The van der Waals surface area contributed by atoms with Crippen molar-refractivity contribution in [1.29, 1.82) is 0 Å². The minimum absolute atomic E-state index is 0.314. The van der Waals surface area contributed by atoms with Crippen molar-refractivity contribution < 1.29 is 4.39 Å². The second-order valence-corrected chi connectivity index (χ2v) is 7.33. The van der Waals surface area contributed by atoms with Gasteiger partial charge in [-0.1, -0.05) is 47.7 Å². The number of aromatic amines is 1. The third-order valence-electron chi connectivity index (χ3n) is 4.38. The van der Waals surface area contributed by atoms with Gasteiger partial charge >= 0.3 is 5.69 Å². The van der Waals surface area contributed by atoms with Gasteiger partial charge < -0.3 is 0 Å². The summed E-state index contributed by atoms with van der Waals surface area (Å²) in [6.45, 7) is 4.12. The van der Waals surface area contributed by atoms with Crippen LogP contribution < -0.4 is 5.69 Å². The zero-order valence-corrected chi connectivity index (χ0v) is 15.7. The van der Waals surface area contributed by atoms with E-state index in [1.54, 1.807) is 18.3 Å². The molecule has 136 valence electrons. The van der Waals surface area contributed by atoms with Crippen LogP contribution in [0.15, 0.2) is 58.6 Å². The SMILES string of the molecule is Cc1ccc(C)c(CSc2nc3c(-c4ccc(F)cc4)cnn3c(=O)[nH]2)c1. The molecule has 0 radical (unpaired) electrons. The van der Waals surface area contributed by atoms with Crippen LogP contribution >= 0.6 is 11.8 Å². The topological polar surface area (TPSA) is 63.1 Å². The maximum absolute atomic E-state index is 13.2. The minimum atomic E-state index is -0.350. The van der Waals surface area contributed by atoms with Crippen molar-refractivity contribution in [3.63, 3.8) is 0 Å². The molecule has 0 unspecified atom stereocenters. The summed E-state index contributed by atoms with van der Waals surface area (Å²) in [4.78, 5) is 19.7. The molecular formula is C20H17FN4OS. The molecule has 0 aliphatic carbocycles. The Morgan fingerprint density at radius 3 is 2.70 bits per heavy atom. The fraction of sp³-hybridized carbons (Fsp3) is 0.150. The Hall–Kier alpha value is -2.93. The van der Waals surface area contributed by atoms with E-state index in [1.165, 1.54) is 45.1 Å². The lowest BCUT2D eigenvalue weighted by Crippen LogP contribution is -2.19. The van der Waals surface area contributed by atoms with E-state index in [-0.39, 0.29) is 11.5 Å². The molecule has 7 heteroatoms. The first-order valence-corrected chi connectivity index (χ1v) is 9.43. The van der Waals surface area contributed by atoms with E-state index in [0.29, 0.717) is 22.1 Å². The van der Waals surface area contributed by atoms with Crippen LogP contribution in [0.1, 0.15) is 16.7 Å². The average molecular weight is 380 g/mol. The summed E-state index contributed by atoms with van der Waals surface area (Å²) >= 11 is 1.47. The zero-order valence-electron chi connectivity index (χ0n) is 14.9. The Morgan fingerprint density at radius 1 is 1.15 bits per heavy atom. The van der Waals surface area contributed by atoms with Crippen molar-refractivity contribution in [2.45, 2.75) is 24.8 Å². The first kappa shape index (κ1) is 17.5. The molecule has 5 nitrogen and oxygen atoms in total. The molecule has 2 aromatic carbocycles. The molecule has 27 heavy (non-hydrogen) atoms. The molecule has 0 fully saturated rings. The van der Waals surface area contributed by atoms with Gasteiger partial charge in [0, 0.05) is 11.3 Å². The van der Waals surface area contributed by atoms with Crippen LogP contribution in [0.2, 0.25) is 0 Å². The van der Waals surface area contributed by atoms with Crippen LogP contribution in [0.5, 0.6) is 0 Å². The number of hydrogen-bond acceptors (Lipinski definition) is 4. The largest absolute Gasteiger partial charge is 0.350 e. The molecular weight excluding hydrogens is 363 g/mol. The molecule has 0 saturated heterocycles. The number of nitrogens with one attached hydrogen (secondary N) is 1. The Labute approximate surface area is 159 Å². The first-order valence-electron chi connectivity index (χ1n) is 8.44.